The minimum Gasteiger partial charge on any atom is -0.395 e. The Morgan fingerprint density at radius 1 is 0.969 bits per heavy atom. The summed E-state index contributed by atoms with van der Waals surface area (Å²) in [5.41, 5.74) is 6.61. The molecular formula is C27H49N3O2. The molecule has 4 fully saturated rings. The van der Waals surface area contributed by atoms with E-state index in [1.807, 2.05) is 0 Å². The Morgan fingerprint density at radius 2 is 1.75 bits per heavy atom. The lowest BCUT2D eigenvalue weighted by atomic mass is 9.44. The van der Waals surface area contributed by atoms with Crippen LogP contribution in [0.1, 0.15) is 78.1 Å². The molecule has 8 atom stereocenters. The minimum atomic E-state index is 0.418. The van der Waals surface area contributed by atoms with Crippen LogP contribution in [-0.4, -0.2) is 57.6 Å². The van der Waals surface area contributed by atoms with Crippen molar-refractivity contribution in [2.45, 2.75) is 84.2 Å². The Morgan fingerprint density at radius 3 is 2.53 bits per heavy atom. The zero-order valence-corrected chi connectivity index (χ0v) is 21.2. The van der Waals surface area contributed by atoms with Crippen molar-refractivity contribution in [1.82, 2.24) is 4.90 Å². The highest BCUT2D eigenvalue weighted by molar-refractivity contribution is 5.62. The predicted molar refractivity (Wildman–Crippen MR) is 132 cm³/mol. The van der Waals surface area contributed by atoms with Crippen LogP contribution in [0.2, 0.25) is 0 Å². The summed E-state index contributed by atoms with van der Waals surface area (Å²) in [6.45, 7) is 8.42. The second-order valence-electron chi connectivity index (χ2n) is 12.2. The van der Waals surface area contributed by atoms with E-state index in [4.69, 9.17) is 15.3 Å². The summed E-state index contributed by atoms with van der Waals surface area (Å²) in [7, 11) is 4.15. The largest absolute Gasteiger partial charge is 0.395 e. The number of likely N-dealkylation sites (N-methyl/N-ethyl adjacent to an activating group) is 1. The number of hydrogen-bond acceptors (Lipinski definition) is 5. The first-order valence-electron chi connectivity index (χ1n) is 13.5. The van der Waals surface area contributed by atoms with Gasteiger partial charge >= 0.3 is 0 Å². The van der Waals surface area contributed by atoms with E-state index in [-0.39, 0.29) is 0 Å². The molecule has 4 rings (SSSR count). The second-order valence-corrected chi connectivity index (χ2v) is 12.2. The molecule has 0 aromatic carbocycles. The van der Waals surface area contributed by atoms with Crippen LogP contribution in [0.3, 0.4) is 0 Å². The van der Waals surface area contributed by atoms with Gasteiger partial charge in [0.15, 0.2) is 0 Å². The van der Waals surface area contributed by atoms with Crippen molar-refractivity contribution < 1.29 is 9.57 Å². The molecule has 0 bridgehead atoms. The maximum Gasteiger partial charge on any atom is 0.129 e. The average Bonchev–Trinajstić information content (AvgIpc) is 3.10. The van der Waals surface area contributed by atoms with Gasteiger partial charge in [-0.1, -0.05) is 19.0 Å². The van der Waals surface area contributed by atoms with Crippen LogP contribution in [0.25, 0.3) is 0 Å². The fourth-order valence-electron chi connectivity index (χ4n) is 8.38. The van der Waals surface area contributed by atoms with Crippen LogP contribution >= 0.6 is 0 Å². The summed E-state index contributed by atoms with van der Waals surface area (Å²) in [6, 6.07) is 0. The summed E-state index contributed by atoms with van der Waals surface area (Å²) < 4.78 is 6.21. The van der Waals surface area contributed by atoms with Gasteiger partial charge in [0.2, 0.25) is 0 Å². The van der Waals surface area contributed by atoms with E-state index in [1.54, 1.807) is 0 Å². The molecule has 0 saturated heterocycles. The molecular weight excluding hydrogens is 398 g/mol. The Balaban J connectivity index is 1.37. The van der Waals surface area contributed by atoms with Crippen molar-refractivity contribution >= 4 is 6.21 Å². The van der Waals surface area contributed by atoms with Crippen molar-refractivity contribution in [3.8, 4) is 0 Å². The molecule has 0 unspecified atom stereocenters. The highest BCUT2D eigenvalue weighted by Crippen LogP contribution is 2.67. The lowest BCUT2D eigenvalue weighted by Gasteiger charge is -2.61. The number of rotatable bonds is 9. The molecule has 0 spiro atoms. The van der Waals surface area contributed by atoms with Crippen LogP contribution < -0.4 is 5.73 Å². The Bertz CT molecular complexity index is 640. The number of hydrogen-bond donors (Lipinski definition) is 1. The first kappa shape index (κ1) is 24.5. The lowest BCUT2D eigenvalue weighted by molar-refractivity contribution is -0.131. The number of nitrogens with zero attached hydrogens (tertiary/aromatic N) is 2. The van der Waals surface area contributed by atoms with Crippen molar-refractivity contribution in [3.63, 3.8) is 0 Å². The van der Waals surface area contributed by atoms with E-state index in [0.717, 1.165) is 49.8 Å². The molecule has 2 N–H and O–H groups in total. The fourth-order valence-corrected chi connectivity index (χ4v) is 8.38. The Labute approximate surface area is 196 Å². The zero-order valence-electron chi connectivity index (χ0n) is 21.2. The highest BCUT2D eigenvalue weighted by atomic mass is 16.6. The summed E-state index contributed by atoms with van der Waals surface area (Å²) in [4.78, 5) is 7.72. The molecule has 0 aromatic heterocycles. The van der Waals surface area contributed by atoms with Crippen molar-refractivity contribution in [3.05, 3.63) is 0 Å². The lowest BCUT2D eigenvalue weighted by Crippen LogP contribution is -2.54. The average molecular weight is 448 g/mol. The third-order valence-electron chi connectivity index (χ3n) is 10.3. The van der Waals surface area contributed by atoms with Gasteiger partial charge in [-0.25, -0.2) is 0 Å². The van der Waals surface area contributed by atoms with E-state index in [0.29, 0.717) is 29.5 Å². The van der Waals surface area contributed by atoms with E-state index < -0.39 is 0 Å². The Hall–Kier alpha value is -0.650. The SMILES string of the molecule is CN(C)CCON=C[C@H]1CC[C@@H]2[C@@H]3CC[C@@H]4C[C@@H](OCCCN)CC[C@]4(C)[C@H]3CC[C@@]21C. The van der Waals surface area contributed by atoms with Gasteiger partial charge in [-0.05, 0) is 119 Å². The quantitative estimate of drug-likeness (QED) is 0.309. The van der Waals surface area contributed by atoms with Gasteiger partial charge in [-0.2, -0.15) is 0 Å². The van der Waals surface area contributed by atoms with E-state index in [1.165, 1.54) is 57.8 Å². The molecule has 32 heavy (non-hydrogen) atoms. The molecule has 184 valence electrons. The van der Waals surface area contributed by atoms with E-state index >= 15 is 0 Å². The zero-order chi connectivity index (χ0) is 22.8. The third-order valence-corrected chi connectivity index (χ3v) is 10.3. The van der Waals surface area contributed by atoms with Gasteiger partial charge in [0.1, 0.15) is 6.61 Å². The monoisotopic (exact) mass is 447 g/mol. The van der Waals surface area contributed by atoms with Crippen LogP contribution in [0.15, 0.2) is 5.16 Å². The second kappa shape index (κ2) is 10.3. The Kier molecular flexibility index (Phi) is 7.89. The van der Waals surface area contributed by atoms with Crippen molar-refractivity contribution in [2.75, 3.05) is 40.4 Å². The molecule has 4 aliphatic carbocycles. The van der Waals surface area contributed by atoms with Crippen molar-refractivity contribution in [1.29, 1.82) is 0 Å². The van der Waals surface area contributed by atoms with Crippen LogP contribution in [0.4, 0.5) is 0 Å². The summed E-state index contributed by atoms with van der Waals surface area (Å²) in [5, 5.41) is 4.41. The maximum absolute atomic E-state index is 6.21. The first-order chi connectivity index (χ1) is 15.4. The third kappa shape index (κ3) is 4.77. The van der Waals surface area contributed by atoms with E-state index in [2.05, 4.69) is 44.2 Å². The molecule has 0 amide bonds. The molecule has 0 heterocycles. The standard InChI is InChI=1S/C27H49N3O2/c1-26-12-10-22(31-16-5-14-28)18-20(26)6-8-23-24-9-7-21(19-29-32-17-15-30(3)4)27(24,2)13-11-25(23)26/h19-25H,5-18,28H2,1-4H3/t20-,21-,22+,23+,24-,25+,26+,27-/m1/s1. The molecule has 0 radical (unpaired) electrons. The van der Waals surface area contributed by atoms with Crippen LogP contribution in [0.5, 0.6) is 0 Å². The van der Waals surface area contributed by atoms with Crippen molar-refractivity contribution in [2.24, 2.45) is 51.3 Å². The van der Waals surface area contributed by atoms with E-state index in [9.17, 15) is 0 Å². The summed E-state index contributed by atoms with van der Waals surface area (Å²) >= 11 is 0. The highest BCUT2D eigenvalue weighted by Gasteiger charge is 2.60. The van der Waals surface area contributed by atoms with Gasteiger partial charge in [-0.15, -0.1) is 0 Å². The predicted octanol–water partition coefficient (Wildman–Crippen LogP) is 4.94. The fraction of sp³-hybridized carbons (Fsp3) is 0.963. The number of fused-ring (bicyclic) bond motifs is 5. The molecule has 5 nitrogen and oxygen atoms in total. The minimum absolute atomic E-state index is 0.418. The first-order valence-corrected chi connectivity index (χ1v) is 13.5. The molecule has 5 heteroatoms. The van der Waals surface area contributed by atoms with Gasteiger partial charge < -0.3 is 20.2 Å². The number of nitrogens with two attached hydrogens (primary N) is 1. The molecule has 4 aliphatic rings. The topological polar surface area (TPSA) is 60.1 Å². The summed E-state index contributed by atoms with van der Waals surface area (Å²) in [6.07, 6.45) is 15.8. The van der Waals surface area contributed by atoms with Gasteiger partial charge in [0, 0.05) is 25.3 Å². The van der Waals surface area contributed by atoms with Gasteiger partial charge in [0.25, 0.3) is 0 Å². The van der Waals surface area contributed by atoms with Gasteiger partial charge in [-0.3, -0.25) is 0 Å². The number of oxime groups is 1. The van der Waals surface area contributed by atoms with Crippen LogP contribution in [-0.2, 0) is 9.57 Å². The van der Waals surface area contributed by atoms with Gasteiger partial charge in [0.05, 0.1) is 6.10 Å². The van der Waals surface area contributed by atoms with Crippen LogP contribution in [0, 0.1) is 40.4 Å². The normalized spacial score (nSPS) is 43.8. The smallest absolute Gasteiger partial charge is 0.129 e. The molecule has 0 aromatic rings. The maximum atomic E-state index is 6.21. The molecule has 4 saturated carbocycles. The summed E-state index contributed by atoms with van der Waals surface area (Å²) in [5.74, 6) is 4.14. The number of ether oxygens (including phenoxy) is 1. The molecule has 0 aliphatic heterocycles.